The van der Waals surface area contributed by atoms with Crippen molar-refractivity contribution in [1.29, 1.82) is 0 Å². The van der Waals surface area contributed by atoms with Crippen molar-refractivity contribution < 1.29 is 0 Å². The quantitative estimate of drug-likeness (QED) is 0.604. The van der Waals surface area contributed by atoms with Crippen LogP contribution < -0.4 is 0 Å². The molecule has 0 aliphatic heterocycles. The molecule has 0 saturated heterocycles. The molecule has 0 N–H and O–H groups in total. The molecule has 0 aromatic heterocycles. The second-order valence-electron chi connectivity index (χ2n) is 2.89. The van der Waals surface area contributed by atoms with Crippen LogP contribution >= 0.6 is 0 Å². The van der Waals surface area contributed by atoms with Gasteiger partial charge in [-0.15, -0.1) is 0 Å². The summed E-state index contributed by atoms with van der Waals surface area (Å²) in [6, 6.07) is 0. The van der Waals surface area contributed by atoms with Gasteiger partial charge in [-0.2, -0.15) is 0 Å². The Morgan fingerprint density at radius 1 is 1.40 bits per heavy atom. The maximum absolute atomic E-state index is 2.36. The van der Waals surface area contributed by atoms with E-state index < -0.39 is 16.2 Å². The van der Waals surface area contributed by atoms with Crippen LogP contribution in [0.4, 0.5) is 0 Å². The molecule has 10 heavy (non-hydrogen) atoms. The Kier molecular flexibility index (Phi) is 3.36. The van der Waals surface area contributed by atoms with Gasteiger partial charge in [0.15, 0.2) is 0 Å². The first-order valence-corrected chi connectivity index (χ1v) is 8.87. The first kappa shape index (κ1) is 8.22. The Bertz CT molecular complexity index is 152. The molecule has 0 spiro atoms. The van der Waals surface area contributed by atoms with E-state index in [9.17, 15) is 0 Å². The van der Waals surface area contributed by atoms with Crippen LogP contribution in [0.2, 0.25) is 9.95 Å². The topological polar surface area (TPSA) is 0 Å². The molecule has 1 aliphatic rings. The molecule has 0 aromatic rings. The van der Waals surface area contributed by atoms with Crippen molar-refractivity contribution in [3.63, 3.8) is 0 Å². The average Bonchev–Trinajstić information content (AvgIpc) is 2.43. The zero-order valence-electron chi connectivity index (χ0n) is 6.93. The van der Waals surface area contributed by atoms with Gasteiger partial charge in [0.1, 0.15) is 0 Å². The SMILES string of the molecule is C[CH2][Ga]([CH2]C)[C]1=CC=CC1. The summed E-state index contributed by atoms with van der Waals surface area (Å²) in [5.41, 5.74) is 0. The Morgan fingerprint density at radius 2 is 2.10 bits per heavy atom. The first-order chi connectivity index (χ1) is 4.88. The molecule has 0 heterocycles. The predicted octanol–water partition coefficient (Wildman–Crippen LogP) is 2.95. The van der Waals surface area contributed by atoms with Gasteiger partial charge in [-0.1, -0.05) is 0 Å². The molecule has 0 radical (unpaired) electrons. The number of hydrogen-bond donors (Lipinski definition) is 0. The Hall–Kier alpha value is 0.116. The van der Waals surface area contributed by atoms with Gasteiger partial charge in [-0.3, -0.25) is 0 Å². The molecule has 0 fully saturated rings. The van der Waals surface area contributed by atoms with Gasteiger partial charge in [-0.25, -0.2) is 0 Å². The standard InChI is InChI=1S/C5H5.2C2H5.Ga/c1-2-4-5-3-1;2*1-2;/h1-3H,4H2;2*1H2,2H3;. The van der Waals surface area contributed by atoms with Crippen LogP contribution in [0.5, 0.6) is 0 Å². The van der Waals surface area contributed by atoms with Gasteiger partial charge in [0, 0.05) is 0 Å². The summed E-state index contributed by atoms with van der Waals surface area (Å²) < 4.78 is 1.82. The van der Waals surface area contributed by atoms with Crippen LogP contribution in [0.15, 0.2) is 22.4 Å². The van der Waals surface area contributed by atoms with Crippen LogP contribution in [-0.4, -0.2) is 16.2 Å². The number of rotatable bonds is 3. The van der Waals surface area contributed by atoms with Crippen LogP contribution in [0.25, 0.3) is 0 Å². The molecule has 1 rings (SSSR count). The Balaban J connectivity index is 2.47. The predicted molar refractivity (Wildman–Crippen MR) is 48.6 cm³/mol. The summed E-state index contributed by atoms with van der Waals surface area (Å²) in [5, 5.41) is 0. The minimum atomic E-state index is -0.897. The summed E-state index contributed by atoms with van der Waals surface area (Å²) >= 11 is -0.897. The first-order valence-electron chi connectivity index (χ1n) is 4.24. The summed E-state index contributed by atoms with van der Waals surface area (Å²) in [7, 11) is 0. The second kappa shape index (κ2) is 4.09. The van der Waals surface area contributed by atoms with E-state index in [4.69, 9.17) is 0 Å². The van der Waals surface area contributed by atoms with Crippen molar-refractivity contribution >= 4 is 16.2 Å². The Labute approximate surface area is 69.0 Å². The van der Waals surface area contributed by atoms with Crippen molar-refractivity contribution in [3.05, 3.63) is 22.4 Å². The number of hydrogen-bond acceptors (Lipinski definition) is 0. The van der Waals surface area contributed by atoms with Crippen LogP contribution in [0.1, 0.15) is 20.3 Å². The molecular weight excluding hydrogens is 178 g/mol. The molecule has 1 aliphatic carbocycles. The van der Waals surface area contributed by atoms with Gasteiger partial charge in [0.25, 0.3) is 0 Å². The molecule has 0 amide bonds. The molecule has 0 bridgehead atoms. The van der Waals surface area contributed by atoms with E-state index in [1.807, 2.05) is 4.13 Å². The third kappa shape index (κ3) is 1.80. The molecule has 0 aromatic carbocycles. The van der Waals surface area contributed by atoms with E-state index in [2.05, 4.69) is 32.1 Å². The second-order valence-corrected chi connectivity index (χ2v) is 10.8. The fraction of sp³-hybridized carbons (Fsp3) is 0.556. The van der Waals surface area contributed by atoms with Gasteiger partial charge in [0.2, 0.25) is 0 Å². The molecule has 1 heteroatoms. The van der Waals surface area contributed by atoms with Crippen LogP contribution in [0, 0.1) is 0 Å². The molecule has 0 unspecified atom stereocenters. The third-order valence-electron chi connectivity index (χ3n) is 2.31. The molecule has 54 valence electrons. The molecule has 0 atom stereocenters. The summed E-state index contributed by atoms with van der Waals surface area (Å²) in [5.74, 6) is 0. The van der Waals surface area contributed by atoms with Crippen molar-refractivity contribution in [2.75, 3.05) is 0 Å². The van der Waals surface area contributed by atoms with Gasteiger partial charge >= 0.3 is 68.8 Å². The fourth-order valence-corrected chi connectivity index (χ4v) is 6.78. The monoisotopic (exact) mass is 192 g/mol. The van der Waals surface area contributed by atoms with E-state index >= 15 is 0 Å². The zero-order chi connectivity index (χ0) is 7.40. The fourth-order valence-electron chi connectivity index (χ4n) is 1.58. The van der Waals surface area contributed by atoms with Crippen molar-refractivity contribution in [2.24, 2.45) is 0 Å². The molecule has 0 saturated carbocycles. The average molecular weight is 193 g/mol. The van der Waals surface area contributed by atoms with Crippen molar-refractivity contribution in [3.8, 4) is 0 Å². The summed E-state index contributed by atoms with van der Waals surface area (Å²) in [6.45, 7) is 4.71. The minimum absolute atomic E-state index is 0.897. The van der Waals surface area contributed by atoms with Gasteiger partial charge < -0.3 is 0 Å². The number of allylic oxidation sites excluding steroid dienone is 4. The van der Waals surface area contributed by atoms with E-state index in [1.165, 1.54) is 16.4 Å². The van der Waals surface area contributed by atoms with Gasteiger partial charge in [-0.05, 0) is 0 Å². The summed E-state index contributed by atoms with van der Waals surface area (Å²) in [4.78, 5) is 2.97. The van der Waals surface area contributed by atoms with E-state index in [-0.39, 0.29) is 0 Å². The van der Waals surface area contributed by atoms with E-state index in [0.29, 0.717) is 0 Å². The molecular formula is C9H15Ga. The molecule has 0 nitrogen and oxygen atoms in total. The van der Waals surface area contributed by atoms with Crippen LogP contribution in [-0.2, 0) is 0 Å². The third-order valence-corrected chi connectivity index (χ3v) is 9.54. The Morgan fingerprint density at radius 3 is 2.50 bits per heavy atom. The van der Waals surface area contributed by atoms with Crippen molar-refractivity contribution in [2.45, 2.75) is 30.2 Å². The van der Waals surface area contributed by atoms with Crippen LogP contribution in [0.3, 0.4) is 0 Å². The van der Waals surface area contributed by atoms with Gasteiger partial charge in [0.05, 0.1) is 0 Å². The normalized spacial score (nSPS) is 15.6. The maximum atomic E-state index is 2.36. The van der Waals surface area contributed by atoms with E-state index in [1.54, 1.807) is 0 Å². The van der Waals surface area contributed by atoms with Crippen molar-refractivity contribution in [1.82, 2.24) is 0 Å². The summed E-state index contributed by atoms with van der Waals surface area (Å²) in [6.07, 6.45) is 8.15. The zero-order valence-corrected chi connectivity index (χ0v) is 9.35. The van der Waals surface area contributed by atoms with E-state index in [0.717, 1.165) is 0 Å².